The molecule has 0 bridgehead atoms. The summed E-state index contributed by atoms with van der Waals surface area (Å²) >= 11 is 0. The van der Waals surface area contributed by atoms with Crippen molar-refractivity contribution in [3.63, 3.8) is 0 Å². The van der Waals surface area contributed by atoms with Crippen molar-refractivity contribution in [2.45, 2.75) is 65.5 Å². The van der Waals surface area contributed by atoms with Crippen LogP contribution in [0.1, 0.15) is 70.8 Å². The smallest absolute Gasteiger partial charge is 0.343 e. The molecule has 2 heterocycles. The lowest BCUT2D eigenvalue weighted by atomic mass is 9.84. The fourth-order valence-corrected chi connectivity index (χ4v) is 4.25. The molecule has 1 aliphatic heterocycles. The number of nitrogens with zero attached hydrogens (tertiary/aromatic N) is 3. The summed E-state index contributed by atoms with van der Waals surface area (Å²) in [6, 6.07) is 4.71. The molecule has 1 fully saturated rings. The van der Waals surface area contributed by atoms with Crippen molar-refractivity contribution in [3.05, 3.63) is 35.7 Å². The Morgan fingerprint density at radius 3 is 2.32 bits per heavy atom. The van der Waals surface area contributed by atoms with Gasteiger partial charge in [0.15, 0.2) is 0 Å². The van der Waals surface area contributed by atoms with Crippen molar-refractivity contribution in [1.29, 1.82) is 0 Å². The molecule has 31 heavy (non-hydrogen) atoms. The molecule has 1 amide bonds. The maximum Gasteiger partial charge on any atom is 0.416 e. The van der Waals surface area contributed by atoms with Gasteiger partial charge in [-0.2, -0.15) is 18.2 Å². The number of carbonyl (C=O) groups excluding carboxylic acids is 1. The molecule has 8 heteroatoms. The molecule has 0 spiro atoms. The third-order valence-corrected chi connectivity index (χ3v) is 5.59. The number of likely N-dealkylation sites (tertiary alicyclic amines) is 1. The number of hydrogen-bond acceptors (Lipinski definition) is 4. The predicted octanol–water partition coefficient (Wildman–Crippen LogP) is 5.92. The van der Waals surface area contributed by atoms with Crippen LogP contribution < -0.4 is 0 Å². The zero-order valence-corrected chi connectivity index (χ0v) is 18.5. The first kappa shape index (κ1) is 23.3. The lowest BCUT2D eigenvalue weighted by Crippen LogP contribution is -2.38. The Kier molecular flexibility index (Phi) is 6.76. The van der Waals surface area contributed by atoms with Crippen LogP contribution >= 0.6 is 0 Å². The minimum atomic E-state index is -4.38. The third-order valence-electron chi connectivity index (χ3n) is 5.59. The fourth-order valence-electron chi connectivity index (χ4n) is 4.25. The molecular formula is C23H30F3N3O2. The number of carbonyl (C=O) groups is 1. The van der Waals surface area contributed by atoms with Gasteiger partial charge in [-0.1, -0.05) is 45.0 Å². The molecule has 0 saturated carbocycles. The van der Waals surface area contributed by atoms with E-state index in [0.717, 1.165) is 31.4 Å². The maximum absolute atomic E-state index is 12.7. The van der Waals surface area contributed by atoms with Crippen LogP contribution in [0.5, 0.6) is 0 Å². The number of halogens is 3. The summed E-state index contributed by atoms with van der Waals surface area (Å²) in [6.45, 7) is 9.96. The van der Waals surface area contributed by atoms with E-state index in [1.54, 1.807) is 0 Å². The van der Waals surface area contributed by atoms with E-state index >= 15 is 0 Å². The van der Waals surface area contributed by atoms with Crippen LogP contribution in [-0.2, 0) is 11.0 Å². The van der Waals surface area contributed by atoms with E-state index in [1.807, 2.05) is 4.90 Å². The Balaban J connectivity index is 1.55. The molecule has 0 aliphatic carbocycles. The van der Waals surface area contributed by atoms with Gasteiger partial charge in [-0.25, -0.2) is 0 Å². The summed E-state index contributed by atoms with van der Waals surface area (Å²) < 4.78 is 43.6. The van der Waals surface area contributed by atoms with Crippen molar-refractivity contribution in [2.75, 3.05) is 13.1 Å². The minimum Gasteiger partial charge on any atom is -0.343 e. The van der Waals surface area contributed by atoms with Crippen LogP contribution in [0.4, 0.5) is 13.2 Å². The summed E-state index contributed by atoms with van der Waals surface area (Å²) in [6.07, 6.45) is -1.36. The molecule has 2 aromatic rings. The molecular weight excluding hydrogens is 407 g/mol. The second-order valence-electron chi connectivity index (χ2n) is 9.76. The van der Waals surface area contributed by atoms with E-state index in [1.165, 1.54) is 12.1 Å². The molecule has 1 aromatic heterocycles. The molecule has 170 valence electrons. The fraction of sp³-hybridized carbons (Fsp3) is 0.609. The highest BCUT2D eigenvalue weighted by molar-refractivity contribution is 5.76. The van der Waals surface area contributed by atoms with Crippen molar-refractivity contribution in [1.82, 2.24) is 15.0 Å². The number of aromatic nitrogens is 2. The quantitative estimate of drug-likeness (QED) is 0.582. The lowest BCUT2D eigenvalue weighted by molar-refractivity contribution is -0.137. The summed E-state index contributed by atoms with van der Waals surface area (Å²) in [5.41, 5.74) is -0.0348. The Hall–Kier alpha value is -2.38. The van der Waals surface area contributed by atoms with Crippen molar-refractivity contribution in [2.24, 2.45) is 11.3 Å². The first-order valence-corrected chi connectivity index (χ1v) is 10.7. The van der Waals surface area contributed by atoms with Crippen LogP contribution in [-0.4, -0.2) is 34.0 Å². The monoisotopic (exact) mass is 437 g/mol. The van der Waals surface area contributed by atoms with Gasteiger partial charge in [0.25, 0.3) is 0 Å². The topological polar surface area (TPSA) is 59.2 Å². The van der Waals surface area contributed by atoms with E-state index in [9.17, 15) is 18.0 Å². The van der Waals surface area contributed by atoms with Gasteiger partial charge in [-0.15, -0.1) is 0 Å². The van der Waals surface area contributed by atoms with E-state index in [0.29, 0.717) is 36.9 Å². The minimum absolute atomic E-state index is 0.0479. The second-order valence-corrected chi connectivity index (χ2v) is 9.76. The van der Waals surface area contributed by atoms with Gasteiger partial charge in [-0.05, 0) is 42.7 Å². The number of alkyl halides is 3. The highest BCUT2D eigenvalue weighted by atomic mass is 19.4. The van der Waals surface area contributed by atoms with Gasteiger partial charge in [0.05, 0.1) is 5.56 Å². The predicted molar refractivity (Wildman–Crippen MR) is 111 cm³/mol. The van der Waals surface area contributed by atoms with Gasteiger partial charge in [0.1, 0.15) is 0 Å². The van der Waals surface area contributed by atoms with E-state index in [4.69, 9.17) is 4.52 Å². The van der Waals surface area contributed by atoms with E-state index in [-0.39, 0.29) is 23.1 Å². The number of piperidine rings is 1. The molecule has 3 rings (SSSR count). The molecule has 5 nitrogen and oxygen atoms in total. The number of amides is 1. The molecule has 0 radical (unpaired) electrons. The van der Waals surface area contributed by atoms with Crippen LogP contribution in [0.2, 0.25) is 0 Å². The molecule has 1 atom stereocenters. The van der Waals surface area contributed by atoms with E-state index in [2.05, 4.69) is 37.8 Å². The molecule has 1 aromatic carbocycles. The Morgan fingerprint density at radius 1 is 1.16 bits per heavy atom. The Bertz CT molecular complexity index is 877. The Morgan fingerprint density at radius 2 is 1.77 bits per heavy atom. The largest absolute Gasteiger partial charge is 0.416 e. The highest BCUT2D eigenvalue weighted by Crippen LogP contribution is 2.32. The molecule has 0 N–H and O–H groups in total. The van der Waals surface area contributed by atoms with Gasteiger partial charge >= 0.3 is 6.18 Å². The average molecular weight is 438 g/mol. The summed E-state index contributed by atoms with van der Waals surface area (Å²) in [5, 5.41) is 3.93. The molecule has 1 saturated heterocycles. The summed E-state index contributed by atoms with van der Waals surface area (Å²) in [7, 11) is 0. The highest BCUT2D eigenvalue weighted by Gasteiger charge is 2.31. The number of benzene rings is 1. The van der Waals surface area contributed by atoms with E-state index < -0.39 is 11.7 Å². The number of hydrogen-bond donors (Lipinski definition) is 0. The van der Waals surface area contributed by atoms with Gasteiger partial charge < -0.3 is 9.42 Å². The Labute approximate surface area is 181 Å². The average Bonchev–Trinajstić information content (AvgIpc) is 3.16. The van der Waals surface area contributed by atoms with Crippen molar-refractivity contribution in [3.8, 4) is 11.4 Å². The third kappa shape index (κ3) is 6.31. The first-order valence-electron chi connectivity index (χ1n) is 10.7. The summed E-state index contributed by atoms with van der Waals surface area (Å²) in [5.74, 6) is 1.33. The zero-order chi connectivity index (χ0) is 22.8. The zero-order valence-electron chi connectivity index (χ0n) is 18.5. The first-order chi connectivity index (χ1) is 14.4. The van der Waals surface area contributed by atoms with Crippen molar-refractivity contribution < 1.29 is 22.5 Å². The molecule has 1 aliphatic rings. The standard InChI is InChI=1S/C23H30F3N3O2/c1-15(14-22(2,3)4)13-19(30)29-11-9-17(10-12-29)21-27-20(28-31-21)16-5-7-18(8-6-16)23(24,25)26/h5-8,15,17H,9-14H2,1-4H3/t15-/m1/s1. The SMILES string of the molecule is C[C@H](CC(=O)N1CCC(c2nc(-c3ccc(C(F)(F)F)cc3)no2)CC1)CC(C)(C)C. The van der Waals surface area contributed by atoms with Crippen LogP contribution in [0.25, 0.3) is 11.4 Å². The van der Waals surface area contributed by atoms with Gasteiger partial charge in [0.2, 0.25) is 17.6 Å². The maximum atomic E-state index is 12.7. The molecule has 0 unspecified atom stereocenters. The van der Waals surface area contributed by atoms with Gasteiger partial charge in [-0.3, -0.25) is 4.79 Å². The second kappa shape index (κ2) is 9.01. The summed E-state index contributed by atoms with van der Waals surface area (Å²) in [4.78, 5) is 18.9. The van der Waals surface area contributed by atoms with Gasteiger partial charge in [0, 0.05) is 31.0 Å². The number of rotatable bonds is 5. The van der Waals surface area contributed by atoms with Crippen molar-refractivity contribution >= 4 is 5.91 Å². The van der Waals surface area contributed by atoms with Crippen LogP contribution in [0.15, 0.2) is 28.8 Å². The normalized spacial score (nSPS) is 17.1. The van der Waals surface area contributed by atoms with Crippen LogP contribution in [0, 0.1) is 11.3 Å². The lowest BCUT2D eigenvalue weighted by Gasteiger charge is -2.32. The van der Waals surface area contributed by atoms with Crippen LogP contribution in [0.3, 0.4) is 0 Å².